The van der Waals surface area contributed by atoms with E-state index in [0.29, 0.717) is 19.0 Å². The zero-order valence-electron chi connectivity index (χ0n) is 14.7. The van der Waals surface area contributed by atoms with Gasteiger partial charge in [-0.25, -0.2) is 9.38 Å². The minimum Gasteiger partial charge on any atom is -0.486 e. The molecule has 0 amide bonds. The third-order valence-corrected chi connectivity index (χ3v) is 3.55. The molecule has 1 heterocycles. The Bertz CT molecular complexity index is 663. The maximum absolute atomic E-state index is 13.7. The summed E-state index contributed by atoms with van der Waals surface area (Å²) in [5.74, 6) is 0.604. The van der Waals surface area contributed by atoms with Crippen LogP contribution in [0.25, 0.3) is 0 Å². The van der Waals surface area contributed by atoms with E-state index in [-0.39, 0.29) is 17.7 Å². The molecule has 0 fully saturated rings. The van der Waals surface area contributed by atoms with Crippen molar-refractivity contribution in [3.63, 3.8) is 0 Å². The fourth-order valence-electron chi connectivity index (χ4n) is 2.19. The van der Waals surface area contributed by atoms with Gasteiger partial charge in [-0.15, -0.1) is 0 Å². The SMILES string of the molecule is CCNC(=NCc1ccccn1)NCC(CC)Oc1ccccc1F. The summed E-state index contributed by atoms with van der Waals surface area (Å²) in [4.78, 5) is 8.78. The number of hydrogen-bond acceptors (Lipinski definition) is 3. The number of para-hydroxylation sites is 1. The number of aliphatic imine (C=N–C) groups is 1. The van der Waals surface area contributed by atoms with Crippen LogP contribution in [0.5, 0.6) is 5.75 Å². The van der Waals surface area contributed by atoms with Gasteiger partial charge in [-0.1, -0.05) is 25.1 Å². The first kappa shape index (κ1) is 18.7. The van der Waals surface area contributed by atoms with Gasteiger partial charge < -0.3 is 15.4 Å². The molecule has 2 rings (SSSR count). The monoisotopic (exact) mass is 344 g/mol. The highest BCUT2D eigenvalue weighted by molar-refractivity contribution is 5.79. The Morgan fingerprint density at radius 2 is 1.96 bits per heavy atom. The third kappa shape index (κ3) is 6.41. The lowest BCUT2D eigenvalue weighted by Gasteiger charge is -2.20. The first-order valence-electron chi connectivity index (χ1n) is 8.56. The van der Waals surface area contributed by atoms with Gasteiger partial charge in [-0.05, 0) is 37.6 Å². The summed E-state index contributed by atoms with van der Waals surface area (Å²) in [7, 11) is 0. The Labute approximate surface area is 148 Å². The summed E-state index contributed by atoms with van der Waals surface area (Å²) in [5, 5.41) is 6.43. The second-order valence-electron chi connectivity index (χ2n) is 5.48. The summed E-state index contributed by atoms with van der Waals surface area (Å²) in [6.07, 6.45) is 2.34. The minimum atomic E-state index is -0.350. The molecule has 1 aromatic carbocycles. The minimum absolute atomic E-state index is 0.157. The highest BCUT2D eigenvalue weighted by Gasteiger charge is 2.12. The molecule has 0 aliphatic heterocycles. The summed E-state index contributed by atoms with van der Waals surface area (Å²) >= 11 is 0. The molecule has 2 aromatic rings. The van der Waals surface area contributed by atoms with E-state index in [4.69, 9.17) is 4.74 Å². The van der Waals surface area contributed by atoms with Gasteiger partial charge in [0.2, 0.25) is 0 Å². The molecule has 5 nitrogen and oxygen atoms in total. The highest BCUT2D eigenvalue weighted by Crippen LogP contribution is 2.17. The van der Waals surface area contributed by atoms with Gasteiger partial charge in [0.25, 0.3) is 0 Å². The maximum Gasteiger partial charge on any atom is 0.191 e. The van der Waals surface area contributed by atoms with Crippen molar-refractivity contribution in [3.8, 4) is 5.75 Å². The van der Waals surface area contributed by atoms with Crippen LogP contribution >= 0.6 is 0 Å². The van der Waals surface area contributed by atoms with Gasteiger partial charge in [0.1, 0.15) is 6.10 Å². The van der Waals surface area contributed by atoms with Crippen molar-refractivity contribution >= 4 is 5.96 Å². The van der Waals surface area contributed by atoms with Gasteiger partial charge in [0.15, 0.2) is 17.5 Å². The Hall–Kier alpha value is -2.63. The van der Waals surface area contributed by atoms with E-state index in [1.165, 1.54) is 6.07 Å². The lowest BCUT2D eigenvalue weighted by molar-refractivity contribution is 0.191. The normalized spacial score (nSPS) is 12.5. The van der Waals surface area contributed by atoms with Crippen molar-refractivity contribution in [2.75, 3.05) is 13.1 Å². The highest BCUT2D eigenvalue weighted by atomic mass is 19.1. The molecule has 1 unspecified atom stereocenters. The van der Waals surface area contributed by atoms with Crippen LogP contribution in [0, 0.1) is 5.82 Å². The standard InChI is InChI=1S/C19H25FN4O/c1-3-16(25-18-11-6-5-10-17(18)20)14-24-19(21-4-2)23-13-15-9-7-8-12-22-15/h5-12,16H,3-4,13-14H2,1-2H3,(H2,21,23,24). The van der Waals surface area contributed by atoms with Crippen LogP contribution in [0.15, 0.2) is 53.7 Å². The molecule has 0 spiro atoms. The first-order chi connectivity index (χ1) is 12.2. The zero-order chi connectivity index (χ0) is 17.9. The van der Waals surface area contributed by atoms with Crippen molar-refractivity contribution in [3.05, 3.63) is 60.2 Å². The summed E-state index contributed by atoms with van der Waals surface area (Å²) in [6, 6.07) is 12.2. The third-order valence-electron chi connectivity index (χ3n) is 3.55. The fourth-order valence-corrected chi connectivity index (χ4v) is 2.19. The number of rotatable bonds is 8. The lowest BCUT2D eigenvalue weighted by Crippen LogP contribution is -2.42. The molecule has 0 saturated heterocycles. The smallest absolute Gasteiger partial charge is 0.191 e. The number of benzene rings is 1. The Morgan fingerprint density at radius 3 is 2.64 bits per heavy atom. The summed E-state index contributed by atoms with van der Waals surface area (Å²) in [6.45, 7) is 5.77. The quantitative estimate of drug-likeness (QED) is 0.571. The van der Waals surface area contributed by atoms with Crippen LogP contribution in [0.4, 0.5) is 4.39 Å². The lowest BCUT2D eigenvalue weighted by atomic mass is 10.2. The van der Waals surface area contributed by atoms with Crippen molar-refractivity contribution in [1.29, 1.82) is 0 Å². The largest absolute Gasteiger partial charge is 0.486 e. The molecular weight excluding hydrogens is 319 g/mol. The number of guanidine groups is 1. The van der Waals surface area contributed by atoms with Crippen molar-refractivity contribution in [2.45, 2.75) is 32.9 Å². The van der Waals surface area contributed by atoms with E-state index >= 15 is 0 Å². The van der Waals surface area contributed by atoms with E-state index in [1.54, 1.807) is 24.4 Å². The number of pyridine rings is 1. The zero-order valence-corrected chi connectivity index (χ0v) is 14.7. The second-order valence-corrected chi connectivity index (χ2v) is 5.48. The van der Waals surface area contributed by atoms with Gasteiger partial charge in [-0.2, -0.15) is 0 Å². The number of halogens is 1. The average Bonchev–Trinajstić information content (AvgIpc) is 2.65. The summed E-state index contributed by atoms with van der Waals surface area (Å²) in [5.41, 5.74) is 0.898. The van der Waals surface area contributed by atoms with E-state index in [0.717, 1.165) is 18.7 Å². The molecule has 1 aromatic heterocycles. The van der Waals surface area contributed by atoms with Crippen LogP contribution in [0.1, 0.15) is 26.0 Å². The molecule has 6 heteroatoms. The Morgan fingerprint density at radius 1 is 1.16 bits per heavy atom. The fraction of sp³-hybridized carbons (Fsp3) is 0.368. The first-order valence-corrected chi connectivity index (χ1v) is 8.56. The number of ether oxygens (including phenoxy) is 1. The van der Waals surface area contributed by atoms with Gasteiger partial charge in [-0.3, -0.25) is 4.98 Å². The van der Waals surface area contributed by atoms with Gasteiger partial charge >= 0.3 is 0 Å². The average molecular weight is 344 g/mol. The van der Waals surface area contributed by atoms with E-state index in [2.05, 4.69) is 20.6 Å². The van der Waals surface area contributed by atoms with Crippen molar-refractivity contribution < 1.29 is 9.13 Å². The Kier molecular flexibility index (Phi) is 7.69. The number of nitrogens with zero attached hydrogens (tertiary/aromatic N) is 2. The predicted molar refractivity (Wildman–Crippen MR) is 98.2 cm³/mol. The molecule has 134 valence electrons. The molecular formula is C19H25FN4O. The number of aromatic nitrogens is 1. The molecule has 0 radical (unpaired) electrons. The molecule has 2 N–H and O–H groups in total. The number of hydrogen-bond donors (Lipinski definition) is 2. The maximum atomic E-state index is 13.7. The topological polar surface area (TPSA) is 58.5 Å². The van der Waals surface area contributed by atoms with Crippen LogP contribution < -0.4 is 15.4 Å². The Balaban J connectivity index is 1.92. The predicted octanol–water partition coefficient (Wildman–Crippen LogP) is 3.13. The molecule has 0 aliphatic carbocycles. The molecule has 1 atom stereocenters. The van der Waals surface area contributed by atoms with Crippen LogP contribution in [0.2, 0.25) is 0 Å². The van der Waals surface area contributed by atoms with Crippen LogP contribution in [0.3, 0.4) is 0 Å². The molecule has 25 heavy (non-hydrogen) atoms. The molecule has 0 aliphatic rings. The van der Waals surface area contributed by atoms with Crippen LogP contribution in [-0.4, -0.2) is 30.1 Å². The van der Waals surface area contributed by atoms with E-state index in [1.807, 2.05) is 32.0 Å². The molecule has 0 bridgehead atoms. The van der Waals surface area contributed by atoms with Crippen molar-refractivity contribution in [1.82, 2.24) is 15.6 Å². The second kappa shape index (κ2) is 10.3. The summed E-state index contributed by atoms with van der Waals surface area (Å²) < 4.78 is 19.5. The van der Waals surface area contributed by atoms with E-state index in [9.17, 15) is 4.39 Å². The number of nitrogens with one attached hydrogen (secondary N) is 2. The van der Waals surface area contributed by atoms with Crippen molar-refractivity contribution in [2.24, 2.45) is 4.99 Å². The van der Waals surface area contributed by atoms with Crippen LogP contribution in [-0.2, 0) is 6.54 Å². The molecule has 0 saturated carbocycles. The van der Waals surface area contributed by atoms with E-state index < -0.39 is 0 Å². The van der Waals surface area contributed by atoms with Gasteiger partial charge in [0.05, 0.1) is 18.8 Å². The van der Waals surface area contributed by atoms with Gasteiger partial charge in [0, 0.05) is 12.7 Å².